The van der Waals surface area contributed by atoms with E-state index in [1.165, 1.54) is 57.8 Å². The quantitative estimate of drug-likeness (QED) is 0.387. The minimum absolute atomic E-state index is 0.453. The van der Waals surface area contributed by atoms with Crippen LogP contribution in [0.25, 0.3) is 0 Å². The largest absolute Gasteiger partial charge is 0.381 e. The van der Waals surface area contributed by atoms with Gasteiger partial charge < -0.3 is 4.74 Å². The molecule has 0 aromatic carbocycles. The Balaban J connectivity index is 1.51. The topological polar surface area (TPSA) is 9.23 Å². The summed E-state index contributed by atoms with van der Waals surface area (Å²) in [4.78, 5) is 0. The van der Waals surface area contributed by atoms with Crippen molar-refractivity contribution in [3.63, 3.8) is 0 Å². The van der Waals surface area contributed by atoms with Crippen LogP contribution >= 0.6 is 0 Å². The molecule has 4 aliphatic rings. The van der Waals surface area contributed by atoms with Crippen molar-refractivity contribution in [2.45, 2.75) is 105 Å². The minimum atomic E-state index is 0.453. The van der Waals surface area contributed by atoms with Crippen LogP contribution in [-0.2, 0) is 4.74 Å². The summed E-state index contributed by atoms with van der Waals surface area (Å²) >= 11 is 0. The van der Waals surface area contributed by atoms with E-state index in [9.17, 15) is 0 Å². The molecule has 4 aliphatic carbocycles. The van der Waals surface area contributed by atoms with Crippen LogP contribution in [0.2, 0.25) is 0 Å². The third-order valence-electron chi connectivity index (χ3n) is 11.1. The highest BCUT2D eigenvalue weighted by atomic mass is 16.5. The third-order valence-corrected chi connectivity index (χ3v) is 11.1. The number of ether oxygens (including phenoxy) is 1. The lowest BCUT2D eigenvalue weighted by Gasteiger charge is -2.58. The van der Waals surface area contributed by atoms with E-state index in [4.69, 9.17) is 4.74 Å². The van der Waals surface area contributed by atoms with Gasteiger partial charge in [-0.05, 0) is 110 Å². The molecule has 0 spiro atoms. The van der Waals surface area contributed by atoms with Gasteiger partial charge in [-0.3, -0.25) is 0 Å². The molecule has 3 fully saturated rings. The van der Waals surface area contributed by atoms with Crippen molar-refractivity contribution in [2.24, 2.45) is 52.3 Å². The Morgan fingerprint density at radius 3 is 2.48 bits per heavy atom. The second-order valence-corrected chi connectivity index (χ2v) is 12.6. The molecule has 1 heteroatoms. The van der Waals surface area contributed by atoms with Gasteiger partial charge in [-0.1, -0.05) is 65.3 Å². The van der Waals surface area contributed by atoms with E-state index in [1.807, 2.05) is 7.11 Å². The maximum atomic E-state index is 5.76. The molecule has 3 saturated carbocycles. The third kappa shape index (κ3) is 4.00. The van der Waals surface area contributed by atoms with Crippen LogP contribution in [0.1, 0.15) is 99.3 Å². The summed E-state index contributed by atoms with van der Waals surface area (Å²) in [6.07, 6.45) is 20.6. The molecule has 0 N–H and O–H groups in total. The zero-order valence-corrected chi connectivity index (χ0v) is 21.6. The fourth-order valence-corrected chi connectivity index (χ4v) is 9.01. The smallest absolute Gasteiger partial charge is 0.0608 e. The lowest BCUT2D eigenvalue weighted by Crippen LogP contribution is -2.50. The fourth-order valence-electron chi connectivity index (χ4n) is 9.01. The average Bonchev–Trinajstić information content (AvgIpc) is 3.10. The number of hydrogen-bond donors (Lipinski definition) is 0. The Morgan fingerprint density at radius 1 is 1.03 bits per heavy atom. The van der Waals surface area contributed by atoms with Gasteiger partial charge in [0.2, 0.25) is 0 Å². The van der Waals surface area contributed by atoms with Crippen LogP contribution in [0, 0.1) is 52.3 Å². The summed E-state index contributed by atoms with van der Waals surface area (Å²) in [5.74, 6) is 5.88. The lowest BCUT2D eigenvalue weighted by molar-refractivity contribution is -0.0572. The van der Waals surface area contributed by atoms with Crippen LogP contribution in [0.3, 0.4) is 0 Å². The van der Waals surface area contributed by atoms with Gasteiger partial charge in [-0.15, -0.1) is 0 Å². The Hall–Kier alpha value is -0.560. The molecule has 0 saturated heterocycles. The number of methoxy groups -OCH3 is 1. The number of rotatable bonds is 6. The summed E-state index contributed by atoms with van der Waals surface area (Å²) < 4.78 is 5.76. The Labute approximate surface area is 193 Å². The van der Waals surface area contributed by atoms with E-state index in [0.717, 1.165) is 41.4 Å². The number of allylic oxidation sites excluding steroid dienone is 3. The predicted octanol–water partition coefficient (Wildman–Crippen LogP) is 8.45. The van der Waals surface area contributed by atoms with Gasteiger partial charge in [-0.25, -0.2) is 0 Å². The van der Waals surface area contributed by atoms with Gasteiger partial charge in [-0.2, -0.15) is 0 Å². The summed E-state index contributed by atoms with van der Waals surface area (Å²) in [5, 5.41) is 0. The van der Waals surface area contributed by atoms with Crippen molar-refractivity contribution >= 4 is 0 Å². The zero-order valence-electron chi connectivity index (χ0n) is 21.6. The van der Waals surface area contributed by atoms with Crippen LogP contribution in [0.5, 0.6) is 0 Å². The van der Waals surface area contributed by atoms with Crippen LogP contribution < -0.4 is 0 Å². The fraction of sp³-hybridized carbons (Fsp3) is 0.867. The van der Waals surface area contributed by atoms with Gasteiger partial charge in [0, 0.05) is 7.11 Å². The van der Waals surface area contributed by atoms with Crippen LogP contribution in [-0.4, -0.2) is 13.2 Å². The molecular weight excluding hydrogens is 376 g/mol. The summed E-state index contributed by atoms with van der Waals surface area (Å²) in [6.45, 7) is 14.9. The molecule has 9 atom stereocenters. The molecule has 176 valence electrons. The van der Waals surface area contributed by atoms with E-state index < -0.39 is 0 Å². The molecule has 31 heavy (non-hydrogen) atoms. The van der Waals surface area contributed by atoms with Gasteiger partial charge in [0.1, 0.15) is 0 Å². The average molecular weight is 427 g/mol. The maximum absolute atomic E-state index is 5.76. The van der Waals surface area contributed by atoms with Gasteiger partial charge in [0.15, 0.2) is 0 Å². The minimum Gasteiger partial charge on any atom is -0.381 e. The molecule has 1 nitrogen and oxygen atoms in total. The van der Waals surface area contributed by atoms with Crippen molar-refractivity contribution in [2.75, 3.05) is 7.11 Å². The second kappa shape index (κ2) is 9.00. The Morgan fingerprint density at radius 2 is 1.81 bits per heavy atom. The van der Waals surface area contributed by atoms with E-state index in [2.05, 4.69) is 59.8 Å². The first kappa shape index (κ1) is 23.6. The molecule has 0 aromatic rings. The normalized spacial score (nSPS) is 44.5. The standard InChI is InChI=1S/C30H50O/c1-8-22(20(2)3)10-9-21(4)26-13-14-27-25-12-11-23-19-24(31-7)15-17-29(23,5)28(25)16-18-30(26,27)6/h9-11,20-22,24-28H,8,12-19H2,1-7H3/b10-9-/t21-,22+,24+,25+,26-,27+,28+,29+,30-/m1/s1. The van der Waals surface area contributed by atoms with Crippen molar-refractivity contribution < 1.29 is 4.74 Å². The number of fused-ring (bicyclic) bond motifs is 5. The van der Waals surface area contributed by atoms with Gasteiger partial charge in [0.25, 0.3) is 0 Å². The predicted molar refractivity (Wildman–Crippen MR) is 133 cm³/mol. The second-order valence-electron chi connectivity index (χ2n) is 12.6. The highest BCUT2D eigenvalue weighted by Gasteiger charge is 2.59. The van der Waals surface area contributed by atoms with Crippen LogP contribution in [0.4, 0.5) is 0 Å². The zero-order chi connectivity index (χ0) is 22.4. The van der Waals surface area contributed by atoms with Crippen molar-refractivity contribution in [3.8, 4) is 0 Å². The summed E-state index contributed by atoms with van der Waals surface area (Å²) in [5.41, 5.74) is 2.75. The monoisotopic (exact) mass is 426 g/mol. The maximum Gasteiger partial charge on any atom is 0.0608 e. The number of hydrogen-bond acceptors (Lipinski definition) is 1. The molecule has 0 aliphatic heterocycles. The summed E-state index contributed by atoms with van der Waals surface area (Å²) in [7, 11) is 1.91. The van der Waals surface area contributed by atoms with Crippen LogP contribution in [0.15, 0.2) is 23.8 Å². The van der Waals surface area contributed by atoms with Crippen molar-refractivity contribution in [1.82, 2.24) is 0 Å². The molecule has 0 aromatic heterocycles. The van der Waals surface area contributed by atoms with E-state index in [-0.39, 0.29) is 0 Å². The molecule has 0 unspecified atom stereocenters. The SMILES string of the molecule is CC[C@@H](/C=C\[C@@H](C)[C@H]1CC[C@H]2[C@@H]3CC=C4C[C@@H](OC)CC[C@]4(C)[C@H]3CC[C@]12C)C(C)C. The van der Waals surface area contributed by atoms with Crippen molar-refractivity contribution in [1.29, 1.82) is 0 Å². The molecule has 0 amide bonds. The van der Waals surface area contributed by atoms with Crippen molar-refractivity contribution in [3.05, 3.63) is 23.8 Å². The highest BCUT2D eigenvalue weighted by molar-refractivity contribution is 5.25. The first-order chi connectivity index (χ1) is 14.7. The summed E-state index contributed by atoms with van der Waals surface area (Å²) in [6, 6.07) is 0. The highest BCUT2D eigenvalue weighted by Crippen LogP contribution is 2.67. The first-order valence-electron chi connectivity index (χ1n) is 13.6. The van der Waals surface area contributed by atoms with Gasteiger partial charge in [0.05, 0.1) is 6.10 Å². The Kier molecular flexibility index (Phi) is 6.85. The first-order valence-corrected chi connectivity index (χ1v) is 13.6. The molecule has 0 bridgehead atoms. The molecule has 0 radical (unpaired) electrons. The Bertz CT molecular complexity index is 689. The van der Waals surface area contributed by atoms with Gasteiger partial charge >= 0.3 is 0 Å². The lowest BCUT2D eigenvalue weighted by atomic mass is 9.47. The van der Waals surface area contributed by atoms with E-state index >= 15 is 0 Å². The van der Waals surface area contributed by atoms with E-state index in [0.29, 0.717) is 16.9 Å². The molecular formula is C30H50O. The van der Waals surface area contributed by atoms with E-state index in [1.54, 1.807) is 5.57 Å². The molecule has 0 heterocycles. The molecule has 4 rings (SSSR count).